The van der Waals surface area contributed by atoms with Crippen LogP contribution in [-0.4, -0.2) is 22.2 Å². The van der Waals surface area contributed by atoms with Crippen LogP contribution in [0.15, 0.2) is 47.0 Å². The Bertz CT molecular complexity index is 921. The second-order valence-electron chi connectivity index (χ2n) is 5.93. The van der Waals surface area contributed by atoms with Crippen molar-refractivity contribution < 1.29 is 13.9 Å². The Labute approximate surface area is 167 Å². The van der Waals surface area contributed by atoms with Crippen LogP contribution in [0.2, 0.25) is 10.0 Å². The third-order valence-electron chi connectivity index (χ3n) is 3.91. The predicted octanol–water partition coefficient (Wildman–Crippen LogP) is 4.49. The molecular formula is C19H19Cl2N3O3. The molecule has 0 saturated carbocycles. The first-order chi connectivity index (χ1) is 13.0. The molecule has 142 valence electrons. The van der Waals surface area contributed by atoms with Crippen LogP contribution >= 0.6 is 23.2 Å². The number of carbonyl (C=O) groups excluding carboxylic acids is 1. The van der Waals surface area contributed by atoms with Crippen molar-refractivity contribution in [1.29, 1.82) is 0 Å². The summed E-state index contributed by atoms with van der Waals surface area (Å²) in [5.74, 6) is 1.00. The molecule has 1 N–H and O–H groups in total. The minimum atomic E-state index is -0.261. The topological polar surface area (TPSA) is 69.3 Å². The third kappa shape index (κ3) is 5.28. The number of nitrogens with zero attached hydrogens (tertiary/aromatic N) is 2. The van der Waals surface area contributed by atoms with E-state index in [2.05, 4.69) is 10.4 Å². The van der Waals surface area contributed by atoms with Gasteiger partial charge in [-0.1, -0.05) is 23.2 Å². The van der Waals surface area contributed by atoms with E-state index in [0.29, 0.717) is 28.1 Å². The van der Waals surface area contributed by atoms with E-state index in [-0.39, 0.29) is 18.3 Å². The molecule has 0 fully saturated rings. The molecule has 0 bridgehead atoms. The molecule has 0 spiro atoms. The van der Waals surface area contributed by atoms with Gasteiger partial charge < -0.3 is 14.5 Å². The highest BCUT2D eigenvalue weighted by molar-refractivity contribution is 6.35. The van der Waals surface area contributed by atoms with E-state index < -0.39 is 0 Å². The van der Waals surface area contributed by atoms with Crippen LogP contribution in [0, 0.1) is 6.92 Å². The molecule has 1 amide bonds. The lowest BCUT2D eigenvalue weighted by atomic mass is 10.3. The molecule has 0 aliphatic rings. The minimum absolute atomic E-state index is 0.160. The zero-order valence-corrected chi connectivity index (χ0v) is 16.3. The number of carbonyl (C=O) groups is 1. The van der Waals surface area contributed by atoms with E-state index in [4.69, 9.17) is 32.4 Å². The highest BCUT2D eigenvalue weighted by Crippen LogP contribution is 2.28. The molecule has 0 aliphatic carbocycles. The quantitative estimate of drug-likeness (QED) is 0.558. The Morgan fingerprint density at radius 2 is 2.11 bits per heavy atom. The first-order valence-corrected chi connectivity index (χ1v) is 9.21. The summed E-state index contributed by atoms with van der Waals surface area (Å²) in [6.07, 6.45) is 2.54. The normalized spacial score (nSPS) is 10.8. The number of aromatic nitrogens is 2. The van der Waals surface area contributed by atoms with E-state index in [1.807, 2.05) is 17.7 Å². The van der Waals surface area contributed by atoms with Crippen molar-refractivity contribution in [2.45, 2.75) is 26.5 Å². The summed E-state index contributed by atoms with van der Waals surface area (Å²) in [6.45, 7) is 3.44. The van der Waals surface area contributed by atoms with Crippen LogP contribution in [0.1, 0.15) is 28.4 Å². The zero-order valence-electron chi connectivity index (χ0n) is 14.7. The van der Waals surface area contributed by atoms with Gasteiger partial charge in [0.2, 0.25) is 0 Å². The Morgan fingerprint density at radius 1 is 1.26 bits per heavy atom. The molecule has 8 heteroatoms. The lowest BCUT2D eigenvalue weighted by Crippen LogP contribution is -2.25. The Kier molecular flexibility index (Phi) is 6.42. The van der Waals surface area contributed by atoms with Gasteiger partial charge in [-0.05, 0) is 49.7 Å². The molecule has 0 saturated heterocycles. The average Bonchev–Trinajstić information content (AvgIpc) is 3.27. The van der Waals surface area contributed by atoms with Crippen molar-refractivity contribution in [3.63, 3.8) is 0 Å². The first kappa shape index (κ1) is 19.3. The number of hydrogen-bond donors (Lipinski definition) is 1. The smallest absolute Gasteiger partial charge is 0.286 e. The highest BCUT2D eigenvalue weighted by atomic mass is 35.5. The predicted molar refractivity (Wildman–Crippen MR) is 103 cm³/mol. The number of halogens is 2. The van der Waals surface area contributed by atoms with Gasteiger partial charge in [0.15, 0.2) is 5.76 Å². The fraction of sp³-hybridized carbons (Fsp3) is 0.263. The van der Waals surface area contributed by atoms with Crippen molar-refractivity contribution in [2.75, 3.05) is 6.54 Å². The van der Waals surface area contributed by atoms with Gasteiger partial charge in [-0.15, -0.1) is 0 Å². The standard InChI is InChI=1S/C19H19Cl2N3O3/c1-13-7-9-23-24(13)10-2-8-22-19(25)18-6-4-15(27-18)12-26-17-5-3-14(20)11-16(17)21/h3-7,9,11H,2,8,10,12H2,1H3,(H,22,25). The van der Waals surface area contributed by atoms with E-state index in [0.717, 1.165) is 18.7 Å². The molecule has 0 unspecified atom stereocenters. The Hall–Kier alpha value is -2.44. The summed E-state index contributed by atoms with van der Waals surface area (Å²) in [6, 6.07) is 10.2. The zero-order chi connectivity index (χ0) is 19.2. The second-order valence-corrected chi connectivity index (χ2v) is 6.78. The Balaban J connectivity index is 1.45. The van der Waals surface area contributed by atoms with Gasteiger partial charge >= 0.3 is 0 Å². The lowest BCUT2D eigenvalue weighted by molar-refractivity contribution is 0.0921. The van der Waals surface area contributed by atoms with Crippen molar-refractivity contribution in [2.24, 2.45) is 0 Å². The molecule has 2 aromatic heterocycles. The number of amides is 1. The summed E-state index contributed by atoms with van der Waals surface area (Å²) >= 11 is 11.9. The van der Waals surface area contributed by atoms with Crippen LogP contribution in [0.25, 0.3) is 0 Å². The van der Waals surface area contributed by atoms with Gasteiger partial charge in [-0.3, -0.25) is 9.48 Å². The summed E-state index contributed by atoms with van der Waals surface area (Å²) in [4.78, 5) is 12.1. The van der Waals surface area contributed by atoms with Gasteiger partial charge in [0.1, 0.15) is 18.1 Å². The number of furan rings is 1. The number of rotatable bonds is 8. The molecule has 2 heterocycles. The van der Waals surface area contributed by atoms with Crippen LogP contribution in [0.4, 0.5) is 0 Å². The van der Waals surface area contributed by atoms with Crippen molar-refractivity contribution in [3.8, 4) is 5.75 Å². The van der Waals surface area contributed by atoms with Crippen molar-refractivity contribution in [3.05, 3.63) is 69.9 Å². The van der Waals surface area contributed by atoms with Crippen LogP contribution in [-0.2, 0) is 13.2 Å². The van der Waals surface area contributed by atoms with E-state index >= 15 is 0 Å². The van der Waals surface area contributed by atoms with E-state index in [1.54, 1.807) is 36.5 Å². The summed E-state index contributed by atoms with van der Waals surface area (Å²) in [5.41, 5.74) is 1.10. The summed E-state index contributed by atoms with van der Waals surface area (Å²) < 4.78 is 13.0. The number of nitrogens with one attached hydrogen (secondary N) is 1. The van der Waals surface area contributed by atoms with E-state index in [1.165, 1.54) is 0 Å². The lowest BCUT2D eigenvalue weighted by Gasteiger charge is -2.07. The fourth-order valence-electron chi connectivity index (χ4n) is 2.47. The van der Waals surface area contributed by atoms with Gasteiger partial charge in [0, 0.05) is 30.0 Å². The molecule has 0 aliphatic heterocycles. The molecule has 0 atom stereocenters. The average molecular weight is 408 g/mol. The molecule has 6 nitrogen and oxygen atoms in total. The number of benzene rings is 1. The number of ether oxygens (including phenoxy) is 1. The molecule has 0 radical (unpaired) electrons. The largest absolute Gasteiger partial charge is 0.484 e. The fourth-order valence-corrected chi connectivity index (χ4v) is 2.93. The van der Waals surface area contributed by atoms with Crippen molar-refractivity contribution in [1.82, 2.24) is 15.1 Å². The second kappa shape index (κ2) is 8.97. The maximum atomic E-state index is 12.1. The van der Waals surface area contributed by atoms with Crippen LogP contribution in [0.5, 0.6) is 5.75 Å². The summed E-state index contributed by atoms with van der Waals surface area (Å²) in [7, 11) is 0. The van der Waals surface area contributed by atoms with Gasteiger partial charge in [0.05, 0.1) is 5.02 Å². The third-order valence-corrected chi connectivity index (χ3v) is 4.44. The summed E-state index contributed by atoms with van der Waals surface area (Å²) in [5, 5.41) is 7.99. The highest BCUT2D eigenvalue weighted by Gasteiger charge is 2.12. The molecular weight excluding hydrogens is 389 g/mol. The molecule has 1 aromatic carbocycles. The Morgan fingerprint density at radius 3 is 2.85 bits per heavy atom. The number of aryl methyl sites for hydroxylation is 2. The van der Waals surface area contributed by atoms with Crippen LogP contribution < -0.4 is 10.1 Å². The molecule has 3 aromatic rings. The first-order valence-electron chi connectivity index (χ1n) is 8.46. The molecule has 27 heavy (non-hydrogen) atoms. The van der Waals surface area contributed by atoms with Crippen molar-refractivity contribution >= 4 is 29.1 Å². The SMILES string of the molecule is Cc1ccnn1CCCNC(=O)c1ccc(COc2ccc(Cl)cc2Cl)o1. The van der Waals surface area contributed by atoms with E-state index in [9.17, 15) is 4.79 Å². The molecule has 3 rings (SSSR count). The maximum Gasteiger partial charge on any atom is 0.286 e. The number of hydrogen-bond acceptors (Lipinski definition) is 4. The monoisotopic (exact) mass is 407 g/mol. The maximum absolute atomic E-state index is 12.1. The van der Waals surface area contributed by atoms with Crippen LogP contribution in [0.3, 0.4) is 0 Å². The van der Waals surface area contributed by atoms with Gasteiger partial charge in [-0.25, -0.2) is 0 Å². The minimum Gasteiger partial charge on any atom is -0.484 e. The van der Waals surface area contributed by atoms with Gasteiger partial charge in [0.25, 0.3) is 5.91 Å². The van der Waals surface area contributed by atoms with Gasteiger partial charge in [-0.2, -0.15) is 5.10 Å².